The summed E-state index contributed by atoms with van der Waals surface area (Å²) in [5, 5.41) is 9.05. The summed E-state index contributed by atoms with van der Waals surface area (Å²) in [6.45, 7) is 2.76. The Balaban J connectivity index is 2.50. The molecular formula is C10H18N2O2. The Kier molecular flexibility index (Phi) is 3.80. The molecule has 1 N–H and O–H groups in total. The van der Waals surface area contributed by atoms with Gasteiger partial charge in [0.1, 0.15) is 6.04 Å². The van der Waals surface area contributed by atoms with Crippen LogP contribution in [0.15, 0.2) is 12.4 Å². The van der Waals surface area contributed by atoms with Gasteiger partial charge in [0.05, 0.1) is 6.67 Å². The van der Waals surface area contributed by atoms with Crippen molar-refractivity contribution in [1.82, 2.24) is 9.80 Å². The maximum absolute atomic E-state index is 11.0. The average Bonchev–Trinajstić information content (AvgIpc) is 2.52. The van der Waals surface area contributed by atoms with Crippen LogP contribution in [0.25, 0.3) is 0 Å². The second-order valence-corrected chi connectivity index (χ2v) is 3.71. The number of carboxylic acid groups (broad SMARTS) is 1. The fraction of sp³-hybridized carbons (Fsp3) is 0.700. The van der Waals surface area contributed by atoms with Crippen molar-refractivity contribution in [3.05, 3.63) is 12.4 Å². The van der Waals surface area contributed by atoms with Gasteiger partial charge >= 0.3 is 5.97 Å². The second kappa shape index (κ2) is 4.88. The van der Waals surface area contributed by atoms with E-state index < -0.39 is 5.97 Å². The monoisotopic (exact) mass is 198 g/mol. The van der Waals surface area contributed by atoms with E-state index in [0.29, 0.717) is 6.67 Å². The Morgan fingerprint density at radius 2 is 2.29 bits per heavy atom. The van der Waals surface area contributed by atoms with Crippen molar-refractivity contribution in [2.45, 2.75) is 32.2 Å². The van der Waals surface area contributed by atoms with E-state index in [9.17, 15) is 4.79 Å². The summed E-state index contributed by atoms with van der Waals surface area (Å²) in [7, 11) is 1.94. The van der Waals surface area contributed by atoms with E-state index in [1.807, 2.05) is 29.2 Å². The Morgan fingerprint density at radius 1 is 1.57 bits per heavy atom. The Bertz CT molecular complexity index is 228. The van der Waals surface area contributed by atoms with Crippen molar-refractivity contribution in [3.63, 3.8) is 0 Å². The van der Waals surface area contributed by atoms with E-state index in [0.717, 1.165) is 19.3 Å². The predicted molar refractivity (Wildman–Crippen MR) is 54.6 cm³/mol. The number of hydrogen-bond donors (Lipinski definition) is 1. The van der Waals surface area contributed by atoms with E-state index in [-0.39, 0.29) is 6.04 Å². The first-order valence-corrected chi connectivity index (χ1v) is 5.02. The lowest BCUT2D eigenvalue weighted by Crippen LogP contribution is -2.38. The number of carboxylic acids is 1. The zero-order chi connectivity index (χ0) is 10.6. The lowest BCUT2D eigenvalue weighted by atomic mass is 10.1. The van der Waals surface area contributed by atoms with E-state index in [1.165, 1.54) is 0 Å². The highest BCUT2D eigenvalue weighted by molar-refractivity contribution is 5.73. The molecule has 0 radical (unpaired) electrons. The molecule has 4 nitrogen and oxygen atoms in total. The van der Waals surface area contributed by atoms with Crippen molar-refractivity contribution >= 4 is 5.97 Å². The van der Waals surface area contributed by atoms with Crippen molar-refractivity contribution in [1.29, 1.82) is 0 Å². The molecule has 0 aromatic carbocycles. The molecule has 0 saturated carbocycles. The third-order valence-electron chi connectivity index (χ3n) is 2.42. The molecule has 0 spiro atoms. The largest absolute Gasteiger partial charge is 0.480 e. The molecule has 0 aliphatic carbocycles. The van der Waals surface area contributed by atoms with Crippen molar-refractivity contribution < 1.29 is 9.90 Å². The lowest BCUT2D eigenvalue weighted by molar-refractivity contribution is -0.142. The van der Waals surface area contributed by atoms with Gasteiger partial charge in [-0.2, -0.15) is 0 Å². The summed E-state index contributed by atoms with van der Waals surface area (Å²) < 4.78 is 0. The first-order valence-electron chi connectivity index (χ1n) is 5.02. The second-order valence-electron chi connectivity index (χ2n) is 3.71. The average molecular weight is 198 g/mol. The predicted octanol–water partition coefficient (Wildman–Crippen LogP) is 1.31. The van der Waals surface area contributed by atoms with Gasteiger partial charge in [0.15, 0.2) is 0 Å². The standard InChI is InChI=1S/C10H18N2O2/c1-3-4-5-9(10(13)14)12-7-6-11(2)8-12/h6-7,9H,3-5,8H2,1-2H3,(H,13,14). The minimum absolute atomic E-state index is 0.365. The van der Waals surface area contributed by atoms with Gasteiger partial charge in [-0.15, -0.1) is 0 Å². The lowest BCUT2D eigenvalue weighted by Gasteiger charge is -2.25. The summed E-state index contributed by atoms with van der Waals surface area (Å²) in [6.07, 6.45) is 6.49. The summed E-state index contributed by atoms with van der Waals surface area (Å²) in [6, 6.07) is -0.365. The number of aliphatic carboxylic acids is 1. The van der Waals surface area contributed by atoms with Crippen LogP contribution in [-0.2, 0) is 4.79 Å². The molecule has 0 amide bonds. The molecule has 0 fully saturated rings. The third-order valence-corrected chi connectivity index (χ3v) is 2.42. The van der Waals surface area contributed by atoms with Gasteiger partial charge in [0.25, 0.3) is 0 Å². The summed E-state index contributed by atoms with van der Waals surface area (Å²) in [5.74, 6) is -0.724. The van der Waals surface area contributed by atoms with E-state index >= 15 is 0 Å². The number of rotatable bonds is 5. The van der Waals surface area contributed by atoms with Crippen LogP contribution in [0.2, 0.25) is 0 Å². The van der Waals surface area contributed by atoms with Gasteiger partial charge in [-0.25, -0.2) is 4.79 Å². The van der Waals surface area contributed by atoms with Gasteiger partial charge in [0, 0.05) is 19.4 Å². The highest BCUT2D eigenvalue weighted by Crippen LogP contribution is 2.14. The molecule has 14 heavy (non-hydrogen) atoms. The van der Waals surface area contributed by atoms with Crippen molar-refractivity contribution in [3.8, 4) is 0 Å². The van der Waals surface area contributed by atoms with Gasteiger partial charge in [-0.1, -0.05) is 19.8 Å². The molecule has 0 saturated heterocycles. The van der Waals surface area contributed by atoms with Gasteiger partial charge < -0.3 is 14.9 Å². The summed E-state index contributed by atoms with van der Waals surface area (Å²) in [5.41, 5.74) is 0. The normalized spacial score (nSPS) is 17.6. The molecule has 1 rings (SSSR count). The highest BCUT2D eigenvalue weighted by Gasteiger charge is 2.25. The number of nitrogens with zero attached hydrogens (tertiary/aromatic N) is 2. The van der Waals surface area contributed by atoms with Gasteiger partial charge in [0.2, 0.25) is 0 Å². The number of hydrogen-bond acceptors (Lipinski definition) is 3. The first-order chi connectivity index (χ1) is 6.65. The molecule has 1 atom stereocenters. The van der Waals surface area contributed by atoms with Crippen LogP contribution >= 0.6 is 0 Å². The first kappa shape index (κ1) is 10.9. The number of unbranched alkanes of at least 4 members (excludes halogenated alkanes) is 1. The Labute approximate surface area is 84.8 Å². The van der Waals surface area contributed by atoms with E-state index in [4.69, 9.17) is 5.11 Å². The minimum Gasteiger partial charge on any atom is -0.480 e. The SMILES string of the molecule is CCCCC(C(=O)O)N1C=CN(C)C1. The van der Waals surface area contributed by atoms with Crippen LogP contribution < -0.4 is 0 Å². The summed E-state index contributed by atoms with van der Waals surface area (Å²) in [4.78, 5) is 14.9. The Morgan fingerprint density at radius 3 is 2.71 bits per heavy atom. The molecule has 1 aliphatic heterocycles. The van der Waals surface area contributed by atoms with Crippen LogP contribution in [0.5, 0.6) is 0 Å². The maximum Gasteiger partial charge on any atom is 0.326 e. The fourth-order valence-corrected chi connectivity index (χ4v) is 1.58. The molecule has 0 aromatic rings. The van der Waals surface area contributed by atoms with E-state index in [2.05, 4.69) is 6.92 Å². The molecule has 4 heteroatoms. The van der Waals surface area contributed by atoms with Gasteiger partial charge in [-0.05, 0) is 6.42 Å². The van der Waals surface area contributed by atoms with Crippen molar-refractivity contribution in [2.24, 2.45) is 0 Å². The Hall–Kier alpha value is -1.19. The van der Waals surface area contributed by atoms with Gasteiger partial charge in [-0.3, -0.25) is 0 Å². The van der Waals surface area contributed by atoms with Crippen LogP contribution in [0.3, 0.4) is 0 Å². The fourth-order valence-electron chi connectivity index (χ4n) is 1.58. The molecule has 1 unspecified atom stereocenters. The van der Waals surface area contributed by atoms with Crippen LogP contribution in [-0.4, -0.2) is 40.6 Å². The molecular weight excluding hydrogens is 180 g/mol. The van der Waals surface area contributed by atoms with Crippen LogP contribution in [0.1, 0.15) is 26.2 Å². The highest BCUT2D eigenvalue weighted by atomic mass is 16.4. The van der Waals surface area contributed by atoms with Crippen LogP contribution in [0, 0.1) is 0 Å². The maximum atomic E-state index is 11.0. The zero-order valence-corrected chi connectivity index (χ0v) is 8.81. The molecule has 0 aromatic heterocycles. The zero-order valence-electron chi connectivity index (χ0n) is 8.81. The molecule has 0 bridgehead atoms. The van der Waals surface area contributed by atoms with Crippen LogP contribution in [0.4, 0.5) is 0 Å². The smallest absolute Gasteiger partial charge is 0.326 e. The molecule has 1 aliphatic rings. The minimum atomic E-state index is -0.724. The third kappa shape index (κ3) is 2.65. The van der Waals surface area contributed by atoms with E-state index in [1.54, 1.807) is 0 Å². The van der Waals surface area contributed by atoms with Crippen molar-refractivity contribution in [2.75, 3.05) is 13.7 Å². The molecule has 80 valence electrons. The quantitative estimate of drug-likeness (QED) is 0.723. The topological polar surface area (TPSA) is 43.8 Å². The summed E-state index contributed by atoms with van der Waals surface area (Å²) >= 11 is 0. The molecule has 1 heterocycles. The number of carbonyl (C=O) groups is 1.